The van der Waals surface area contributed by atoms with Crippen LogP contribution in [-0.4, -0.2) is 23.8 Å². The summed E-state index contributed by atoms with van der Waals surface area (Å²) in [5.74, 6) is -0.0965. The van der Waals surface area contributed by atoms with Gasteiger partial charge in [0.1, 0.15) is 5.75 Å². The van der Waals surface area contributed by atoms with Crippen molar-refractivity contribution in [2.24, 2.45) is 0 Å². The monoisotopic (exact) mass is 436 g/mol. The summed E-state index contributed by atoms with van der Waals surface area (Å²) in [5, 5.41) is 5.32. The predicted molar refractivity (Wildman–Crippen MR) is 125 cm³/mol. The predicted octanol–water partition coefficient (Wildman–Crippen LogP) is 4.47. The second-order valence-electron chi connectivity index (χ2n) is 9.42. The summed E-state index contributed by atoms with van der Waals surface area (Å²) < 4.78 is 5.86. The number of carbonyl (C=O) groups excluding carboxylic acids is 3. The van der Waals surface area contributed by atoms with Gasteiger partial charge in [-0.15, -0.1) is 0 Å². The van der Waals surface area contributed by atoms with Gasteiger partial charge in [-0.05, 0) is 60.6 Å². The van der Waals surface area contributed by atoms with Crippen molar-refractivity contribution < 1.29 is 19.1 Å². The fraction of sp³-hybridized carbons (Fsp3) is 0.423. The summed E-state index contributed by atoms with van der Waals surface area (Å²) >= 11 is 0. The Morgan fingerprint density at radius 3 is 2.44 bits per heavy atom. The van der Waals surface area contributed by atoms with Gasteiger partial charge in [0.05, 0.1) is 5.41 Å². The quantitative estimate of drug-likeness (QED) is 0.654. The Balaban J connectivity index is 1.67. The maximum atomic E-state index is 12.7. The van der Waals surface area contributed by atoms with E-state index in [2.05, 4.69) is 31.4 Å². The van der Waals surface area contributed by atoms with Gasteiger partial charge in [-0.25, -0.2) is 0 Å². The van der Waals surface area contributed by atoms with Gasteiger partial charge >= 0.3 is 0 Å². The zero-order valence-electron chi connectivity index (χ0n) is 19.5. The van der Waals surface area contributed by atoms with E-state index in [4.69, 9.17) is 4.74 Å². The molecule has 6 nitrogen and oxygen atoms in total. The molecule has 0 aliphatic carbocycles. The number of piperidine rings is 1. The number of imide groups is 1. The van der Waals surface area contributed by atoms with E-state index in [1.165, 1.54) is 0 Å². The molecule has 3 rings (SSSR count). The molecule has 0 saturated carbocycles. The van der Waals surface area contributed by atoms with E-state index in [-0.39, 0.29) is 23.1 Å². The van der Waals surface area contributed by atoms with Crippen molar-refractivity contribution in [1.82, 2.24) is 5.32 Å². The van der Waals surface area contributed by atoms with Crippen LogP contribution in [0.2, 0.25) is 0 Å². The summed E-state index contributed by atoms with van der Waals surface area (Å²) in [6, 6.07) is 15.0. The fourth-order valence-electron chi connectivity index (χ4n) is 3.98. The molecule has 1 aliphatic rings. The Hall–Kier alpha value is -3.15. The van der Waals surface area contributed by atoms with Crippen LogP contribution in [0.1, 0.15) is 65.0 Å². The molecule has 1 aliphatic heterocycles. The molecule has 1 saturated heterocycles. The molecule has 1 fully saturated rings. The van der Waals surface area contributed by atoms with Crippen LogP contribution in [0.4, 0.5) is 5.69 Å². The van der Waals surface area contributed by atoms with Gasteiger partial charge < -0.3 is 10.1 Å². The minimum Gasteiger partial charge on any atom is -0.481 e. The number of rotatable bonds is 6. The lowest BCUT2D eigenvalue weighted by atomic mass is 9.72. The molecule has 0 bridgehead atoms. The number of hydrogen-bond acceptors (Lipinski definition) is 4. The van der Waals surface area contributed by atoms with Crippen LogP contribution in [0.25, 0.3) is 0 Å². The van der Waals surface area contributed by atoms with E-state index in [1.54, 1.807) is 19.1 Å². The Morgan fingerprint density at radius 1 is 1.16 bits per heavy atom. The maximum Gasteiger partial charge on any atom is 0.265 e. The van der Waals surface area contributed by atoms with Gasteiger partial charge in [0.25, 0.3) is 5.91 Å². The van der Waals surface area contributed by atoms with Gasteiger partial charge in [0, 0.05) is 12.1 Å². The first kappa shape index (κ1) is 23.5. The lowest BCUT2D eigenvalue weighted by Gasteiger charge is -2.35. The van der Waals surface area contributed by atoms with Crippen LogP contribution >= 0.6 is 0 Å². The topological polar surface area (TPSA) is 84.5 Å². The van der Waals surface area contributed by atoms with Crippen LogP contribution in [0.15, 0.2) is 48.5 Å². The molecule has 2 aromatic rings. The Morgan fingerprint density at radius 2 is 1.84 bits per heavy atom. The molecule has 1 heterocycles. The third-order valence-corrected chi connectivity index (χ3v) is 6.16. The largest absolute Gasteiger partial charge is 0.481 e. The summed E-state index contributed by atoms with van der Waals surface area (Å²) in [5.41, 5.74) is 1.87. The Labute approximate surface area is 189 Å². The van der Waals surface area contributed by atoms with Gasteiger partial charge in [0.2, 0.25) is 11.8 Å². The number of anilines is 1. The second kappa shape index (κ2) is 9.15. The molecule has 6 heteroatoms. The smallest absolute Gasteiger partial charge is 0.265 e. The molecule has 0 radical (unpaired) electrons. The summed E-state index contributed by atoms with van der Waals surface area (Å²) in [7, 11) is 0. The van der Waals surface area contributed by atoms with Crippen LogP contribution in [-0.2, 0) is 25.2 Å². The zero-order valence-corrected chi connectivity index (χ0v) is 19.5. The van der Waals surface area contributed by atoms with Crippen molar-refractivity contribution in [2.45, 2.75) is 70.8 Å². The maximum absolute atomic E-state index is 12.7. The lowest BCUT2D eigenvalue weighted by molar-refractivity contribution is -0.138. The van der Waals surface area contributed by atoms with E-state index in [9.17, 15) is 14.4 Å². The molecule has 2 unspecified atom stereocenters. The third-order valence-electron chi connectivity index (χ3n) is 6.16. The second-order valence-corrected chi connectivity index (χ2v) is 9.42. The standard InChI is InChI=1S/C26H32N2O4/c1-6-26(15-14-22(29)28-24(26)31)18-10-12-20(13-11-18)27-23(30)17(2)32-21-9-7-8-19(16-21)25(3,4)5/h7-13,16-17H,6,14-15H2,1-5H3,(H,27,30)(H,28,29,31). The van der Waals surface area contributed by atoms with Crippen LogP contribution in [0.3, 0.4) is 0 Å². The van der Waals surface area contributed by atoms with Crippen LogP contribution in [0, 0.1) is 0 Å². The normalized spacial score (nSPS) is 19.8. The van der Waals surface area contributed by atoms with Crippen molar-refractivity contribution >= 4 is 23.4 Å². The molecule has 170 valence electrons. The number of amides is 3. The molecule has 2 N–H and O–H groups in total. The number of benzene rings is 2. The third kappa shape index (κ3) is 5.01. The van der Waals surface area contributed by atoms with Crippen molar-refractivity contribution in [1.29, 1.82) is 0 Å². The Kier molecular flexibility index (Phi) is 6.72. The van der Waals surface area contributed by atoms with Crippen molar-refractivity contribution in [3.8, 4) is 5.75 Å². The average molecular weight is 437 g/mol. The molecule has 2 atom stereocenters. The lowest BCUT2D eigenvalue weighted by Crippen LogP contribution is -2.51. The first-order valence-electron chi connectivity index (χ1n) is 11.1. The molecule has 32 heavy (non-hydrogen) atoms. The molecule has 3 amide bonds. The minimum atomic E-state index is -0.717. The molecule has 0 spiro atoms. The van der Waals surface area contributed by atoms with E-state index >= 15 is 0 Å². The van der Waals surface area contributed by atoms with Gasteiger partial charge in [0.15, 0.2) is 6.10 Å². The summed E-state index contributed by atoms with van der Waals surface area (Å²) in [4.78, 5) is 36.8. The number of nitrogens with one attached hydrogen (secondary N) is 2. The molecular formula is C26H32N2O4. The van der Waals surface area contributed by atoms with Gasteiger partial charge in [-0.3, -0.25) is 19.7 Å². The van der Waals surface area contributed by atoms with Crippen molar-refractivity contribution in [3.63, 3.8) is 0 Å². The first-order chi connectivity index (χ1) is 15.0. The van der Waals surface area contributed by atoms with Crippen LogP contribution in [0.5, 0.6) is 5.75 Å². The highest BCUT2D eigenvalue weighted by molar-refractivity contribution is 6.03. The number of hydrogen-bond donors (Lipinski definition) is 2. The highest BCUT2D eigenvalue weighted by Gasteiger charge is 2.42. The number of carbonyl (C=O) groups is 3. The highest BCUT2D eigenvalue weighted by atomic mass is 16.5. The van der Waals surface area contributed by atoms with Crippen molar-refractivity contribution in [2.75, 3.05) is 5.32 Å². The summed E-state index contributed by atoms with van der Waals surface area (Å²) in [6.45, 7) is 10.0. The Bertz CT molecular complexity index is 1010. The van der Waals surface area contributed by atoms with Crippen molar-refractivity contribution in [3.05, 3.63) is 59.7 Å². The van der Waals surface area contributed by atoms with Gasteiger partial charge in [-0.2, -0.15) is 0 Å². The van der Waals surface area contributed by atoms with E-state index < -0.39 is 11.5 Å². The first-order valence-corrected chi connectivity index (χ1v) is 11.1. The molecule has 0 aromatic heterocycles. The van der Waals surface area contributed by atoms with E-state index in [0.717, 1.165) is 11.1 Å². The average Bonchev–Trinajstić information content (AvgIpc) is 2.74. The van der Waals surface area contributed by atoms with E-state index in [1.807, 2.05) is 43.3 Å². The molecular weight excluding hydrogens is 404 g/mol. The highest BCUT2D eigenvalue weighted by Crippen LogP contribution is 2.36. The molecule has 2 aromatic carbocycles. The van der Waals surface area contributed by atoms with Gasteiger partial charge in [-0.1, -0.05) is 52.0 Å². The fourth-order valence-corrected chi connectivity index (χ4v) is 3.98. The SMILES string of the molecule is CCC1(c2ccc(NC(=O)C(C)Oc3cccc(C(C)(C)C)c3)cc2)CCC(=O)NC1=O. The minimum absolute atomic E-state index is 0.00894. The summed E-state index contributed by atoms with van der Waals surface area (Å²) in [6.07, 6.45) is 0.722. The van der Waals surface area contributed by atoms with E-state index in [0.29, 0.717) is 30.7 Å². The van der Waals surface area contributed by atoms with Crippen LogP contribution < -0.4 is 15.4 Å². The number of ether oxygens (including phenoxy) is 1. The zero-order chi connectivity index (χ0) is 23.5.